The average molecular weight is 356 g/mol. The van der Waals surface area contributed by atoms with Crippen LogP contribution in [0.4, 0.5) is 10.8 Å². The molecule has 2 aromatic rings. The van der Waals surface area contributed by atoms with Crippen molar-refractivity contribution in [1.82, 2.24) is 9.88 Å². The van der Waals surface area contributed by atoms with Crippen molar-refractivity contribution in [3.63, 3.8) is 0 Å². The Morgan fingerprint density at radius 3 is 2.88 bits per heavy atom. The van der Waals surface area contributed by atoms with E-state index in [0.29, 0.717) is 35.3 Å². The minimum absolute atomic E-state index is 0.0442. The van der Waals surface area contributed by atoms with Crippen molar-refractivity contribution in [2.75, 3.05) is 11.1 Å². The second-order valence-corrected chi connectivity index (χ2v) is 7.81. The van der Waals surface area contributed by atoms with Crippen molar-refractivity contribution < 1.29 is 9.59 Å². The molecule has 1 fully saturated rings. The molecule has 0 spiro atoms. The summed E-state index contributed by atoms with van der Waals surface area (Å²) in [5.74, 6) is 0.669. The first-order valence-electron chi connectivity index (χ1n) is 8.41. The number of benzene rings is 1. The third kappa shape index (κ3) is 2.68. The van der Waals surface area contributed by atoms with Crippen LogP contribution in [-0.4, -0.2) is 28.2 Å². The lowest BCUT2D eigenvalue weighted by atomic mass is 10.0. The number of rotatable bonds is 5. The summed E-state index contributed by atoms with van der Waals surface area (Å²) in [7, 11) is 0. The Kier molecular flexibility index (Phi) is 3.76. The van der Waals surface area contributed by atoms with Gasteiger partial charge in [-0.05, 0) is 55.9 Å². The summed E-state index contributed by atoms with van der Waals surface area (Å²) in [5.41, 5.74) is 10.1. The van der Waals surface area contributed by atoms with Gasteiger partial charge in [0, 0.05) is 18.3 Å². The molecule has 1 aromatic carbocycles. The summed E-state index contributed by atoms with van der Waals surface area (Å²) < 4.78 is 0. The maximum absolute atomic E-state index is 12.8. The monoisotopic (exact) mass is 356 g/mol. The molecule has 25 heavy (non-hydrogen) atoms. The SMILES string of the molecule is Cc1nc(NC=O)sc1-c1cc(N)c2c(c1)CN(C(C)C1CC1)C2=O. The van der Waals surface area contributed by atoms with E-state index in [4.69, 9.17) is 5.73 Å². The zero-order valence-corrected chi connectivity index (χ0v) is 15.0. The van der Waals surface area contributed by atoms with E-state index in [1.165, 1.54) is 24.2 Å². The largest absolute Gasteiger partial charge is 0.398 e. The van der Waals surface area contributed by atoms with E-state index < -0.39 is 0 Å². The highest BCUT2D eigenvalue weighted by Gasteiger charge is 2.39. The second kappa shape index (κ2) is 5.84. The Morgan fingerprint density at radius 2 is 2.20 bits per heavy atom. The standard InChI is InChI=1S/C18H20N4O2S/c1-9-16(25-18(21-9)20-8-23)12-5-13-7-22(10(2)11-3-4-11)17(24)15(13)14(19)6-12/h5-6,8,10-11H,3-4,7,19H2,1-2H3,(H,20,21,23). The molecule has 2 heterocycles. The zero-order chi connectivity index (χ0) is 17.7. The fraction of sp³-hybridized carbons (Fsp3) is 0.389. The van der Waals surface area contributed by atoms with Gasteiger partial charge in [-0.3, -0.25) is 9.59 Å². The van der Waals surface area contributed by atoms with Crippen LogP contribution in [0.1, 0.15) is 41.4 Å². The normalized spacial score (nSPS) is 17.5. The van der Waals surface area contributed by atoms with Crippen molar-refractivity contribution in [2.45, 2.75) is 39.3 Å². The first kappa shape index (κ1) is 16.1. The average Bonchev–Trinajstić information content (AvgIpc) is 3.27. The van der Waals surface area contributed by atoms with Gasteiger partial charge in [0.1, 0.15) is 0 Å². The number of fused-ring (bicyclic) bond motifs is 1. The molecule has 1 aliphatic heterocycles. The molecule has 1 atom stereocenters. The van der Waals surface area contributed by atoms with Gasteiger partial charge < -0.3 is 16.0 Å². The third-order valence-corrected chi connectivity index (χ3v) is 6.24. The van der Waals surface area contributed by atoms with E-state index in [-0.39, 0.29) is 11.9 Å². The predicted molar refractivity (Wildman–Crippen MR) is 98.4 cm³/mol. The van der Waals surface area contributed by atoms with Crippen LogP contribution >= 0.6 is 11.3 Å². The smallest absolute Gasteiger partial charge is 0.256 e. The lowest BCUT2D eigenvalue weighted by Crippen LogP contribution is -2.34. The van der Waals surface area contributed by atoms with Crippen LogP contribution in [0.25, 0.3) is 10.4 Å². The summed E-state index contributed by atoms with van der Waals surface area (Å²) >= 11 is 1.41. The number of anilines is 2. The fourth-order valence-corrected chi connectivity index (χ4v) is 4.49. The quantitative estimate of drug-likeness (QED) is 0.637. The van der Waals surface area contributed by atoms with Gasteiger partial charge in [-0.1, -0.05) is 11.3 Å². The fourth-order valence-electron chi connectivity index (χ4n) is 3.58. The van der Waals surface area contributed by atoms with Crippen LogP contribution in [0.5, 0.6) is 0 Å². The highest BCUT2D eigenvalue weighted by Crippen LogP contribution is 2.41. The molecule has 0 saturated heterocycles. The van der Waals surface area contributed by atoms with E-state index in [9.17, 15) is 9.59 Å². The summed E-state index contributed by atoms with van der Waals surface area (Å²) in [6, 6.07) is 4.14. The molecular weight excluding hydrogens is 336 g/mol. The molecule has 6 nitrogen and oxygen atoms in total. The Morgan fingerprint density at radius 1 is 1.44 bits per heavy atom. The topological polar surface area (TPSA) is 88.3 Å². The minimum atomic E-state index is 0.0442. The minimum Gasteiger partial charge on any atom is -0.398 e. The number of nitrogens with zero attached hydrogens (tertiary/aromatic N) is 2. The van der Waals surface area contributed by atoms with Crippen molar-refractivity contribution >= 4 is 34.5 Å². The Balaban J connectivity index is 1.71. The van der Waals surface area contributed by atoms with Crippen LogP contribution in [-0.2, 0) is 11.3 Å². The van der Waals surface area contributed by atoms with Gasteiger partial charge in [-0.15, -0.1) is 0 Å². The number of amides is 2. The first-order valence-corrected chi connectivity index (χ1v) is 9.22. The van der Waals surface area contributed by atoms with Gasteiger partial charge in [0.2, 0.25) is 6.41 Å². The lowest BCUT2D eigenvalue weighted by Gasteiger charge is -2.24. The highest BCUT2D eigenvalue weighted by atomic mass is 32.1. The molecule has 1 unspecified atom stereocenters. The molecule has 2 amide bonds. The van der Waals surface area contributed by atoms with E-state index >= 15 is 0 Å². The van der Waals surface area contributed by atoms with Crippen LogP contribution in [0.15, 0.2) is 12.1 Å². The zero-order valence-electron chi connectivity index (χ0n) is 14.2. The number of nitrogen functional groups attached to an aromatic ring is 1. The number of nitrogens with two attached hydrogens (primary N) is 1. The summed E-state index contributed by atoms with van der Waals surface area (Å²) in [6.45, 7) is 4.64. The molecule has 130 valence electrons. The molecule has 0 bridgehead atoms. The third-order valence-electron chi connectivity index (χ3n) is 5.10. The van der Waals surface area contributed by atoms with Crippen molar-refractivity contribution in [3.05, 3.63) is 29.0 Å². The van der Waals surface area contributed by atoms with Crippen LogP contribution in [0, 0.1) is 12.8 Å². The maximum Gasteiger partial charge on any atom is 0.256 e. The van der Waals surface area contributed by atoms with Gasteiger partial charge >= 0.3 is 0 Å². The van der Waals surface area contributed by atoms with Crippen LogP contribution in [0.2, 0.25) is 0 Å². The first-order chi connectivity index (χ1) is 12.0. The van der Waals surface area contributed by atoms with Crippen molar-refractivity contribution in [2.24, 2.45) is 5.92 Å². The molecule has 1 saturated carbocycles. The molecule has 7 heteroatoms. The van der Waals surface area contributed by atoms with Crippen LogP contribution in [0.3, 0.4) is 0 Å². The number of carbonyl (C=O) groups excluding carboxylic acids is 2. The number of thiazole rings is 1. The van der Waals surface area contributed by atoms with Crippen LogP contribution < -0.4 is 11.1 Å². The number of hydrogen-bond acceptors (Lipinski definition) is 5. The molecule has 3 N–H and O–H groups in total. The Bertz CT molecular complexity index is 872. The summed E-state index contributed by atoms with van der Waals surface area (Å²) in [4.78, 5) is 30.7. The van der Waals surface area contributed by atoms with E-state index in [2.05, 4.69) is 17.2 Å². The number of aromatic nitrogens is 1. The second-order valence-electron chi connectivity index (χ2n) is 6.81. The lowest BCUT2D eigenvalue weighted by molar-refractivity contribution is -0.105. The number of aryl methyl sites for hydroxylation is 1. The number of nitrogens with one attached hydrogen (secondary N) is 1. The van der Waals surface area contributed by atoms with E-state index in [1.54, 1.807) is 0 Å². The van der Waals surface area contributed by atoms with Gasteiger partial charge in [0.25, 0.3) is 5.91 Å². The van der Waals surface area contributed by atoms with Gasteiger partial charge in [-0.25, -0.2) is 4.98 Å². The molecule has 0 radical (unpaired) electrons. The molecule has 1 aliphatic carbocycles. The summed E-state index contributed by atoms with van der Waals surface area (Å²) in [6.07, 6.45) is 3.03. The number of carbonyl (C=O) groups is 2. The predicted octanol–water partition coefficient (Wildman–Crippen LogP) is 3.02. The van der Waals surface area contributed by atoms with E-state index in [0.717, 1.165) is 21.7 Å². The molecule has 4 rings (SSSR count). The molecule has 1 aromatic heterocycles. The Labute approximate surface area is 150 Å². The van der Waals surface area contributed by atoms with Gasteiger partial charge in [0.05, 0.1) is 16.1 Å². The van der Waals surface area contributed by atoms with Gasteiger partial charge in [0.15, 0.2) is 5.13 Å². The van der Waals surface area contributed by atoms with Crippen molar-refractivity contribution in [1.29, 1.82) is 0 Å². The number of hydrogen-bond donors (Lipinski definition) is 2. The van der Waals surface area contributed by atoms with Gasteiger partial charge in [-0.2, -0.15) is 0 Å². The molecular formula is C18H20N4O2S. The summed E-state index contributed by atoms with van der Waals surface area (Å²) in [5, 5.41) is 3.14. The molecule has 2 aliphatic rings. The Hall–Kier alpha value is -2.41. The maximum atomic E-state index is 12.8. The van der Waals surface area contributed by atoms with Crippen molar-refractivity contribution in [3.8, 4) is 10.4 Å². The van der Waals surface area contributed by atoms with E-state index in [1.807, 2.05) is 24.0 Å². The highest BCUT2D eigenvalue weighted by molar-refractivity contribution is 7.19.